The van der Waals surface area contributed by atoms with Crippen molar-refractivity contribution < 1.29 is 23.0 Å². The molecule has 0 aromatic heterocycles. The summed E-state index contributed by atoms with van der Waals surface area (Å²) in [4.78, 5) is 11.3. The second-order valence-electron chi connectivity index (χ2n) is 4.32. The van der Waals surface area contributed by atoms with E-state index in [1.165, 1.54) is 7.11 Å². The smallest absolute Gasteiger partial charge is 0.310 e. The van der Waals surface area contributed by atoms with E-state index in [9.17, 15) is 13.6 Å². The molecule has 1 aliphatic carbocycles. The average molecular weight is 240 g/mol. The van der Waals surface area contributed by atoms with Gasteiger partial charge in [-0.15, -0.1) is 0 Å². The van der Waals surface area contributed by atoms with Gasteiger partial charge >= 0.3 is 5.97 Å². The van der Waals surface area contributed by atoms with E-state index in [1.54, 1.807) is 0 Å². The predicted octanol–water partition coefficient (Wildman–Crippen LogP) is 1.86. The molecular weight excluding hydrogens is 230 g/mol. The van der Waals surface area contributed by atoms with Gasteiger partial charge in [-0.2, -0.15) is 0 Å². The molecule has 1 heterocycles. The molecule has 3 nitrogen and oxygen atoms in total. The van der Waals surface area contributed by atoms with E-state index in [2.05, 4.69) is 0 Å². The number of benzene rings is 1. The van der Waals surface area contributed by atoms with Gasteiger partial charge in [0.1, 0.15) is 5.82 Å². The Labute approximate surface area is 96.3 Å². The van der Waals surface area contributed by atoms with Crippen LogP contribution in [0.1, 0.15) is 11.5 Å². The van der Waals surface area contributed by atoms with Crippen LogP contribution in [0, 0.1) is 23.5 Å². The molecule has 1 aliphatic heterocycles. The molecule has 1 aromatic carbocycles. The molecule has 1 saturated heterocycles. The van der Waals surface area contributed by atoms with Crippen LogP contribution < -0.4 is 4.74 Å². The summed E-state index contributed by atoms with van der Waals surface area (Å²) in [5.41, 5.74) is 0.166. The van der Waals surface area contributed by atoms with Crippen LogP contribution in [0.5, 0.6) is 5.75 Å². The molecule has 1 saturated carbocycles. The SMILES string of the molecule is COc1c(F)ccc(F)c1C1C2COC(=O)C21. The van der Waals surface area contributed by atoms with Crippen LogP contribution in [0.25, 0.3) is 0 Å². The van der Waals surface area contributed by atoms with Crippen LogP contribution in [-0.2, 0) is 9.53 Å². The first kappa shape index (κ1) is 10.5. The van der Waals surface area contributed by atoms with Gasteiger partial charge in [0.05, 0.1) is 19.6 Å². The average Bonchev–Trinajstić information content (AvgIpc) is 2.90. The maximum atomic E-state index is 13.7. The number of carbonyl (C=O) groups is 1. The minimum atomic E-state index is -0.609. The maximum Gasteiger partial charge on any atom is 0.310 e. The number of hydrogen-bond acceptors (Lipinski definition) is 3. The first-order valence-electron chi connectivity index (χ1n) is 5.33. The molecule has 3 atom stereocenters. The number of esters is 1. The van der Waals surface area contributed by atoms with E-state index < -0.39 is 11.6 Å². The molecule has 1 aromatic rings. The summed E-state index contributed by atoms with van der Waals surface area (Å²) in [5, 5.41) is 0. The lowest BCUT2D eigenvalue weighted by atomic mass is 10.1. The summed E-state index contributed by atoms with van der Waals surface area (Å²) in [5.74, 6) is -2.24. The maximum absolute atomic E-state index is 13.7. The third kappa shape index (κ3) is 1.34. The highest BCUT2D eigenvalue weighted by molar-refractivity contribution is 5.81. The minimum absolute atomic E-state index is 0.0345. The normalized spacial score (nSPS) is 29.8. The lowest BCUT2D eigenvalue weighted by Gasteiger charge is -2.11. The standard InChI is InChI=1S/C12H10F2O3/c1-16-11-7(14)3-2-6(13)10(11)8-5-4-17-12(15)9(5)8/h2-3,5,8-9H,4H2,1H3. The summed E-state index contributed by atoms with van der Waals surface area (Å²) < 4.78 is 36.9. The summed E-state index contributed by atoms with van der Waals surface area (Å²) in [7, 11) is 1.29. The Balaban J connectivity index is 2.04. The summed E-state index contributed by atoms with van der Waals surface area (Å²) in [6.45, 7) is 0.285. The fourth-order valence-corrected chi connectivity index (χ4v) is 2.64. The molecule has 90 valence electrons. The zero-order valence-corrected chi connectivity index (χ0v) is 9.07. The lowest BCUT2D eigenvalue weighted by molar-refractivity contribution is -0.141. The minimum Gasteiger partial charge on any atom is -0.493 e. The van der Waals surface area contributed by atoms with Gasteiger partial charge in [-0.1, -0.05) is 0 Å². The molecule has 0 bridgehead atoms. The fraction of sp³-hybridized carbons (Fsp3) is 0.417. The Kier molecular flexibility index (Phi) is 2.11. The summed E-state index contributed by atoms with van der Waals surface area (Å²) >= 11 is 0. The molecule has 0 amide bonds. The van der Waals surface area contributed by atoms with E-state index in [0.29, 0.717) is 0 Å². The van der Waals surface area contributed by atoms with Gasteiger partial charge in [0, 0.05) is 17.4 Å². The van der Waals surface area contributed by atoms with E-state index in [4.69, 9.17) is 9.47 Å². The summed E-state index contributed by atoms with van der Waals surface area (Å²) in [6.07, 6.45) is 0. The van der Waals surface area contributed by atoms with Gasteiger partial charge in [-0.25, -0.2) is 8.78 Å². The Bertz CT molecular complexity index is 501. The topological polar surface area (TPSA) is 35.5 Å². The molecule has 2 fully saturated rings. The predicted molar refractivity (Wildman–Crippen MR) is 53.6 cm³/mol. The van der Waals surface area contributed by atoms with Crippen LogP contribution >= 0.6 is 0 Å². The molecule has 3 unspecified atom stereocenters. The Morgan fingerprint density at radius 3 is 2.59 bits per heavy atom. The second kappa shape index (κ2) is 3.42. The van der Waals surface area contributed by atoms with E-state index in [-0.39, 0.29) is 41.6 Å². The second-order valence-corrected chi connectivity index (χ2v) is 4.32. The van der Waals surface area contributed by atoms with Crippen molar-refractivity contribution in [1.82, 2.24) is 0 Å². The third-order valence-electron chi connectivity index (χ3n) is 3.49. The van der Waals surface area contributed by atoms with Crippen molar-refractivity contribution in [2.45, 2.75) is 5.92 Å². The number of carbonyl (C=O) groups excluding carboxylic acids is 1. The van der Waals surface area contributed by atoms with Gasteiger partial charge in [0.25, 0.3) is 0 Å². The van der Waals surface area contributed by atoms with Crippen molar-refractivity contribution in [2.24, 2.45) is 11.8 Å². The number of halogens is 2. The molecule has 2 aliphatic rings. The van der Waals surface area contributed by atoms with Crippen molar-refractivity contribution in [3.8, 4) is 5.75 Å². The van der Waals surface area contributed by atoms with Crippen LogP contribution in [0.2, 0.25) is 0 Å². The van der Waals surface area contributed by atoms with Crippen molar-refractivity contribution in [1.29, 1.82) is 0 Å². The van der Waals surface area contributed by atoms with Gasteiger partial charge in [-0.05, 0) is 12.1 Å². The first-order valence-corrected chi connectivity index (χ1v) is 5.33. The van der Waals surface area contributed by atoms with Crippen LogP contribution in [-0.4, -0.2) is 19.7 Å². The monoisotopic (exact) mass is 240 g/mol. The number of hydrogen-bond donors (Lipinski definition) is 0. The molecule has 0 spiro atoms. The first-order chi connectivity index (χ1) is 8.15. The van der Waals surface area contributed by atoms with Gasteiger partial charge in [-0.3, -0.25) is 4.79 Å². The largest absolute Gasteiger partial charge is 0.493 e. The number of fused-ring (bicyclic) bond motifs is 1. The quantitative estimate of drug-likeness (QED) is 0.740. The van der Waals surface area contributed by atoms with Crippen LogP contribution in [0.3, 0.4) is 0 Å². The van der Waals surface area contributed by atoms with Crippen molar-refractivity contribution >= 4 is 5.97 Å². The number of cyclic esters (lactones) is 1. The van der Waals surface area contributed by atoms with E-state index in [0.717, 1.165) is 12.1 Å². The van der Waals surface area contributed by atoms with Crippen molar-refractivity contribution in [3.05, 3.63) is 29.3 Å². The lowest BCUT2D eigenvalue weighted by Crippen LogP contribution is -2.07. The Morgan fingerprint density at radius 2 is 2.00 bits per heavy atom. The molecule has 3 rings (SSSR count). The molecule has 0 radical (unpaired) electrons. The molecule has 17 heavy (non-hydrogen) atoms. The highest BCUT2D eigenvalue weighted by atomic mass is 19.1. The van der Waals surface area contributed by atoms with Gasteiger partial charge in [0.15, 0.2) is 11.6 Å². The van der Waals surface area contributed by atoms with Crippen LogP contribution in [0.4, 0.5) is 8.78 Å². The highest BCUT2D eigenvalue weighted by Gasteiger charge is 2.62. The number of ether oxygens (including phenoxy) is 2. The highest BCUT2D eigenvalue weighted by Crippen LogP contribution is 2.60. The molecule has 5 heteroatoms. The Hall–Kier alpha value is -1.65. The van der Waals surface area contributed by atoms with Crippen molar-refractivity contribution in [3.63, 3.8) is 0 Å². The third-order valence-corrected chi connectivity index (χ3v) is 3.49. The number of methoxy groups -OCH3 is 1. The summed E-state index contributed by atoms with van der Waals surface area (Å²) in [6, 6.07) is 2.08. The van der Waals surface area contributed by atoms with Crippen molar-refractivity contribution in [2.75, 3.05) is 13.7 Å². The number of rotatable bonds is 2. The fourth-order valence-electron chi connectivity index (χ4n) is 2.64. The molecular formula is C12H10F2O3. The Morgan fingerprint density at radius 1 is 1.29 bits per heavy atom. The van der Waals surface area contributed by atoms with Gasteiger partial charge in [0.2, 0.25) is 0 Å². The van der Waals surface area contributed by atoms with Gasteiger partial charge < -0.3 is 9.47 Å². The zero-order chi connectivity index (χ0) is 12.2. The van der Waals surface area contributed by atoms with E-state index >= 15 is 0 Å². The van der Waals surface area contributed by atoms with E-state index in [1.807, 2.05) is 0 Å². The zero-order valence-electron chi connectivity index (χ0n) is 9.07. The van der Waals surface area contributed by atoms with Crippen LogP contribution in [0.15, 0.2) is 12.1 Å². The molecule has 0 N–H and O–H groups in total.